The zero-order chi connectivity index (χ0) is 17.3. The van der Waals surface area contributed by atoms with Gasteiger partial charge in [0.1, 0.15) is 5.60 Å². The van der Waals surface area contributed by atoms with Crippen LogP contribution >= 0.6 is 0 Å². The maximum Gasteiger partial charge on any atom is 0.338 e. The molecule has 0 aliphatic carbocycles. The summed E-state index contributed by atoms with van der Waals surface area (Å²) in [6.45, 7) is 5.53. The average molecular weight is 324 g/mol. The number of benzene rings is 1. The first-order chi connectivity index (χ1) is 10.9. The van der Waals surface area contributed by atoms with E-state index >= 15 is 0 Å². The molecule has 0 unspecified atom stereocenters. The molecule has 0 radical (unpaired) electrons. The van der Waals surface area contributed by atoms with Crippen LogP contribution in [0.3, 0.4) is 0 Å². The van der Waals surface area contributed by atoms with Gasteiger partial charge >= 0.3 is 11.9 Å². The number of ether oxygens (including phenoxy) is 2. The van der Waals surface area contributed by atoms with Gasteiger partial charge in [0, 0.05) is 6.92 Å². The van der Waals surface area contributed by atoms with E-state index in [1.54, 1.807) is 38.1 Å². The second-order valence-electron chi connectivity index (χ2n) is 5.72. The normalized spacial score (nSPS) is 11.1. The molecule has 0 amide bonds. The Morgan fingerprint density at radius 3 is 2.09 bits per heavy atom. The Balaban J connectivity index is 2.31. The quantitative estimate of drug-likeness (QED) is 0.325. The molecule has 0 heterocycles. The summed E-state index contributed by atoms with van der Waals surface area (Å²) in [5.74, 6) is -0.672. The molecule has 0 saturated heterocycles. The minimum absolute atomic E-state index is 0.283. The van der Waals surface area contributed by atoms with E-state index in [0.29, 0.717) is 18.8 Å². The van der Waals surface area contributed by atoms with E-state index in [1.165, 1.54) is 6.92 Å². The topological polar surface area (TPSA) is 82.1 Å². The Morgan fingerprint density at radius 1 is 1.00 bits per heavy atom. The maximum atomic E-state index is 11.9. The van der Waals surface area contributed by atoms with Crippen molar-refractivity contribution in [2.45, 2.75) is 45.6 Å². The molecule has 23 heavy (non-hydrogen) atoms. The predicted molar refractivity (Wildman–Crippen MR) is 83.9 cm³/mol. The molecule has 128 valence electrons. The first-order valence-corrected chi connectivity index (χ1v) is 7.60. The lowest BCUT2D eigenvalue weighted by atomic mass is 9.97. The van der Waals surface area contributed by atoms with Crippen LogP contribution in [0.5, 0.6) is 0 Å². The van der Waals surface area contributed by atoms with Gasteiger partial charge in [0.05, 0.1) is 18.8 Å². The van der Waals surface area contributed by atoms with Gasteiger partial charge in [0.25, 0.3) is 0 Å². The molecule has 6 heteroatoms. The number of esters is 2. The first-order valence-electron chi connectivity index (χ1n) is 7.60. The van der Waals surface area contributed by atoms with E-state index in [9.17, 15) is 9.59 Å². The van der Waals surface area contributed by atoms with E-state index in [-0.39, 0.29) is 11.9 Å². The lowest BCUT2D eigenvalue weighted by Crippen LogP contribution is -2.19. The summed E-state index contributed by atoms with van der Waals surface area (Å²) in [4.78, 5) is 26.9. The Kier molecular flexibility index (Phi) is 7.71. The van der Waals surface area contributed by atoms with Crippen molar-refractivity contribution in [2.24, 2.45) is 0 Å². The largest absolute Gasteiger partial charge is 0.466 e. The summed E-state index contributed by atoms with van der Waals surface area (Å²) in [7, 11) is 0. The number of unbranched alkanes of at least 4 members (excludes halogenated alkanes) is 2. The van der Waals surface area contributed by atoms with Gasteiger partial charge in [-0.3, -0.25) is 10.1 Å². The number of carbonyl (C=O) groups excluding carboxylic acids is 2. The van der Waals surface area contributed by atoms with Crippen LogP contribution in [-0.4, -0.2) is 30.4 Å². The molecule has 0 fully saturated rings. The SMILES string of the molecule is CC(=O)OCCCCCOC(=O)c1ccc(C(C)(C)OO)cc1. The molecule has 0 aromatic heterocycles. The molecular formula is C17H24O6. The van der Waals surface area contributed by atoms with Gasteiger partial charge in [-0.25, -0.2) is 9.68 Å². The van der Waals surface area contributed by atoms with Gasteiger partial charge in [-0.1, -0.05) is 12.1 Å². The standard InChI is InChI=1S/C17H24O6/c1-13(18)21-11-5-4-6-12-22-16(19)14-7-9-15(10-8-14)17(2,3)23-20/h7-10,20H,4-6,11-12H2,1-3H3. The van der Waals surface area contributed by atoms with Gasteiger partial charge in [0.2, 0.25) is 0 Å². The summed E-state index contributed by atoms with van der Waals surface area (Å²) < 4.78 is 9.99. The lowest BCUT2D eigenvalue weighted by Gasteiger charge is -2.20. The van der Waals surface area contributed by atoms with Crippen LogP contribution in [0.1, 0.15) is 56.0 Å². The van der Waals surface area contributed by atoms with Crippen LogP contribution in [0.25, 0.3) is 0 Å². The molecule has 1 aromatic carbocycles. The van der Waals surface area contributed by atoms with E-state index in [4.69, 9.17) is 14.7 Å². The molecule has 0 aliphatic rings. The van der Waals surface area contributed by atoms with Crippen molar-refractivity contribution >= 4 is 11.9 Å². The Labute approximate surface area is 136 Å². The predicted octanol–water partition coefficient (Wildman–Crippen LogP) is 3.30. The monoisotopic (exact) mass is 324 g/mol. The van der Waals surface area contributed by atoms with Gasteiger partial charge in [-0.05, 0) is 50.8 Å². The minimum atomic E-state index is -0.829. The van der Waals surface area contributed by atoms with E-state index in [0.717, 1.165) is 24.8 Å². The summed E-state index contributed by atoms with van der Waals surface area (Å²) in [5, 5.41) is 8.84. The molecule has 0 saturated carbocycles. The Bertz CT molecular complexity index is 506. The summed E-state index contributed by atoms with van der Waals surface area (Å²) in [6, 6.07) is 6.70. The molecular weight excluding hydrogens is 300 g/mol. The van der Waals surface area contributed by atoms with Crippen molar-refractivity contribution in [1.29, 1.82) is 0 Å². The van der Waals surface area contributed by atoms with Crippen molar-refractivity contribution in [3.05, 3.63) is 35.4 Å². The van der Waals surface area contributed by atoms with Crippen molar-refractivity contribution in [3.63, 3.8) is 0 Å². The van der Waals surface area contributed by atoms with Gasteiger partial charge in [-0.2, -0.15) is 0 Å². The third-order valence-electron chi connectivity index (χ3n) is 3.37. The van der Waals surface area contributed by atoms with Crippen molar-refractivity contribution < 1.29 is 29.2 Å². The van der Waals surface area contributed by atoms with E-state index < -0.39 is 5.60 Å². The Morgan fingerprint density at radius 2 is 1.57 bits per heavy atom. The fourth-order valence-electron chi connectivity index (χ4n) is 1.91. The highest BCUT2D eigenvalue weighted by atomic mass is 17.1. The second-order valence-corrected chi connectivity index (χ2v) is 5.72. The molecule has 0 aliphatic heterocycles. The lowest BCUT2D eigenvalue weighted by molar-refractivity contribution is -0.318. The summed E-state index contributed by atoms with van der Waals surface area (Å²) >= 11 is 0. The third kappa shape index (κ3) is 6.80. The fraction of sp³-hybridized carbons (Fsp3) is 0.529. The summed E-state index contributed by atoms with van der Waals surface area (Å²) in [6.07, 6.45) is 2.29. The molecule has 1 rings (SSSR count). The zero-order valence-electron chi connectivity index (χ0n) is 13.8. The van der Waals surface area contributed by atoms with Crippen molar-refractivity contribution in [2.75, 3.05) is 13.2 Å². The number of hydrogen-bond acceptors (Lipinski definition) is 6. The van der Waals surface area contributed by atoms with Gasteiger partial charge < -0.3 is 9.47 Å². The van der Waals surface area contributed by atoms with Crippen LogP contribution in [-0.2, 0) is 24.8 Å². The first kappa shape index (κ1) is 19.1. The number of rotatable bonds is 9. The molecule has 1 aromatic rings. The highest BCUT2D eigenvalue weighted by Gasteiger charge is 2.21. The average Bonchev–Trinajstić information content (AvgIpc) is 2.53. The summed E-state index contributed by atoms with van der Waals surface area (Å²) in [5.41, 5.74) is 0.370. The molecule has 0 atom stereocenters. The number of hydrogen-bond donors (Lipinski definition) is 1. The maximum absolute atomic E-state index is 11.9. The van der Waals surface area contributed by atoms with Crippen molar-refractivity contribution in [3.8, 4) is 0 Å². The zero-order valence-corrected chi connectivity index (χ0v) is 13.8. The van der Waals surface area contributed by atoms with Crippen LogP contribution < -0.4 is 0 Å². The molecule has 6 nitrogen and oxygen atoms in total. The minimum Gasteiger partial charge on any atom is -0.466 e. The van der Waals surface area contributed by atoms with Crippen LogP contribution in [0, 0.1) is 0 Å². The Hall–Kier alpha value is -1.92. The fourth-order valence-corrected chi connectivity index (χ4v) is 1.91. The highest BCUT2D eigenvalue weighted by Crippen LogP contribution is 2.23. The van der Waals surface area contributed by atoms with Crippen LogP contribution in [0.15, 0.2) is 24.3 Å². The van der Waals surface area contributed by atoms with E-state index in [1.807, 2.05) is 0 Å². The van der Waals surface area contributed by atoms with Crippen LogP contribution in [0.4, 0.5) is 0 Å². The molecule has 0 bridgehead atoms. The molecule has 1 N–H and O–H groups in total. The number of carbonyl (C=O) groups is 2. The van der Waals surface area contributed by atoms with Crippen LogP contribution in [0.2, 0.25) is 0 Å². The smallest absolute Gasteiger partial charge is 0.338 e. The second kappa shape index (κ2) is 9.27. The third-order valence-corrected chi connectivity index (χ3v) is 3.37. The highest BCUT2D eigenvalue weighted by molar-refractivity contribution is 5.89. The van der Waals surface area contributed by atoms with E-state index in [2.05, 4.69) is 4.89 Å². The molecule has 0 spiro atoms. The van der Waals surface area contributed by atoms with Gasteiger partial charge in [-0.15, -0.1) is 0 Å². The van der Waals surface area contributed by atoms with Gasteiger partial charge in [0.15, 0.2) is 0 Å². The van der Waals surface area contributed by atoms with Crippen molar-refractivity contribution in [1.82, 2.24) is 0 Å².